The van der Waals surface area contributed by atoms with E-state index in [1.807, 2.05) is 12.1 Å². The molecule has 96 valence electrons. The number of fused-ring (bicyclic) bond motifs is 1. The Bertz CT molecular complexity index is 471. The fraction of sp³-hybridized carbons (Fsp3) is 0.462. The zero-order valence-electron chi connectivity index (χ0n) is 10.2. The summed E-state index contributed by atoms with van der Waals surface area (Å²) in [5, 5.41) is 12.4. The minimum absolute atomic E-state index is 0.322. The van der Waals surface area contributed by atoms with E-state index in [-0.39, 0.29) is 6.04 Å². The average molecular weight is 311 g/mol. The van der Waals surface area contributed by atoms with E-state index in [0.29, 0.717) is 19.0 Å². The van der Waals surface area contributed by atoms with Crippen molar-refractivity contribution in [2.24, 2.45) is 0 Å². The largest absolute Gasteiger partial charge is 0.486 e. The van der Waals surface area contributed by atoms with Crippen molar-refractivity contribution in [1.82, 2.24) is 5.32 Å². The number of nitriles is 1. The summed E-state index contributed by atoms with van der Waals surface area (Å²) < 4.78 is 11.9. The summed E-state index contributed by atoms with van der Waals surface area (Å²) in [7, 11) is 0. The number of nitrogens with one attached hydrogen (secondary N) is 1. The van der Waals surface area contributed by atoms with Crippen LogP contribution in [0.2, 0.25) is 0 Å². The normalized spacial score (nSPS) is 14.9. The van der Waals surface area contributed by atoms with Gasteiger partial charge in [0.25, 0.3) is 0 Å². The molecule has 1 aromatic rings. The van der Waals surface area contributed by atoms with Gasteiger partial charge in [-0.25, -0.2) is 0 Å². The van der Waals surface area contributed by atoms with E-state index in [1.165, 1.54) is 0 Å². The van der Waals surface area contributed by atoms with Crippen molar-refractivity contribution in [3.8, 4) is 17.6 Å². The van der Waals surface area contributed by atoms with Gasteiger partial charge in [-0.15, -0.1) is 0 Å². The third kappa shape index (κ3) is 2.77. The zero-order valence-corrected chi connectivity index (χ0v) is 11.8. The average Bonchev–Trinajstić information content (AvgIpc) is 2.40. The van der Waals surface area contributed by atoms with E-state index in [0.717, 1.165) is 28.8 Å². The molecule has 1 atom stereocenters. The van der Waals surface area contributed by atoms with E-state index < -0.39 is 0 Å². The molecule has 1 aliphatic rings. The Morgan fingerprint density at radius 2 is 2.22 bits per heavy atom. The molecule has 5 heteroatoms. The molecule has 18 heavy (non-hydrogen) atoms. The second-order valence-electron chi connectivity index (χ2n) is 4.04. The van der Waals surface area contributed by atoms with Crippen LogP contribution in [0.1, 0.15) is 24.9 Å². The summed E-state index contributed by atoms with van der Waals surface area (Å²) in [5.41, 5.74) is 0.891. The van der Waals surface area contributed by atoms with Crippen molar-refractivity contribution in [2.75, 3.05) is 19.8 Å². The summed E-state index contributed by atoms with van der Waals surface area (Å²) in [4.78, 5) is 0. The Balaban J connectivity index is 2.28. The van der Waals surface area contributed by atoms with Crippen molar-refractivity contribution >= 4 is 15.9 Å². The molecule has 0 radical (unpaired) electrons. The van der Waals surface area contributed by atoms with Gasteiger partial charge in [0, 0.05) is 0 Å². The number of ether oxygens (including phenoxy) is 2. The van der Waals surface area contributed by atoms with Gasteiger partial charge in [-0.1, -0.05) is 6.92 Å². The first-order chi connectivity index (χ1) is 8.76. The molecule has 1 heterocycles. The third-order valence-corrected chi connectivity index (χ3v) is 3.27. The maximum Gasteiger partial charge on any atom is 0.175 e. The minimum atomic E-state index is -0.322. The van der Waals surface area contributed by atoms with Gasteiger partial charge in [-0.3, -0.25) is 5.32 Å². The van der Waals surface area contributed by atoms with Gasteiger partial charge in [0.2, 0.25) is 0 Å². The Kier molecular flexibility index (Phi) is 4.45. The van der Waals surface area contributed by atoms with E-state index in [1.54, 1.807) is 0 Å². The summed E-state index contributed by atoms with van der Waals surface area (Å²) >= 11 is 3.46. The van der Waals surface area contributed by atoms with Crippen molar-refractivity contribution in [2.45, 2.75) is 19.4 Å². The van der Waals surface area contributed by atoms with E-state index in [4.69, 9.17) is 9.47 Å². The molecular weight excluding hydrogens is 296 g/mol. The fourth-order valence-corrected chi connectivity index (χ4v) is 2.40. The van der Waals surface area contributed by atoms with Gasteiger partial charge in [0.15, 0.2) is 11.5 Å². The van der Waals surface area contributed by atoms with Gasteiger partial charge in [0.1, 0.15) is 19.3 Å². The molecule has 0 saturated heterocycles. The standard InChI is InChI=1S/C13H15BrN2O2/c1-2-3-16-11(8-15)9-6-10(14)13-12(7-9)17-4-5-18-13/h6-7,11,16H,2-5H2,1H3. The number of rotatable bonds is 4. The second-order valence-corrected chi connectivity index (χ2v) is 4.90. The zero-order chi connectivity index (χ0) is 13.0. The molecule has 0 fully saturated rings. The van der Waals surface area contributed by atoms with Gasteiger partial charge in [0.05, 0.1) is 10.5 Å². The highest BCUT2D eigenvalue weighted by atomic mass is 79.9. The van der Waals surface area contributed by atoms with Crippen LogP contribution in [-0.4, -0.2) is 19.8 Å². The SMILES string of the molecule is CCCNC(C#N)c1cc(Br)c2c(c1)OCCO2. The van der Waals surface area contributed by atoms with Crippen LogP contribution in [0.5, 0.6) is 11.5 Å². The summed E-state index contributed by atoms with van der Waals surface area (Å²) in [6.07, 6.45) is 0.990. The molecule has 2 rings (SSSR count). The predicted octanol–water partition coefficient (Wildman–Crippen LogP) is 2.78. The van der Waals surface area contributed by atoms with Gasteiger partial charge in [-0.2, -0.15) is 5.26 Å². The molecule has 0 bridgehead atoms. The van der Waals surface area contributed by atoms with Crippen LogP contribution in [0.4, 0.5) is 0 Å². The highest BCUT2D eigenvalue weighted by molar-refractivity contribution is 9.10. The molecule has 1 unspecified atom stereocenters. The lowest BCUT2D eigenvalue weighted by Crippen LogP contribution is -2.21. The van der Waals surface area contributed by atoms with Crippen molar-refractivity contribution < 1.29 is 9.47 Å². The molecule has 1 aromatic carbocycles. The van der Waals surface area contributed by atoms with Crippen LogP contribution in [-0.2, 0) is 0 Å². The van der Waals surface area contributed by atoms with Crippen LogP contribution >= 0.6 is 15.9 Å². The lowest BCUT2D eigenvalue weighted by molar-refractivity contribution is 0.170. The van der Waals surface area contributed by atoms with Crippen molar-refractivity contribution in [3.05, 3.63) is 22.2 Å². The monoisotopic (exact) mass is 310 g/mol. The Labute approximate surface area is 115 Å². The highest BCUT2D eigenvalue weighted by Gasteiger charge is 2.19. The van der Waals surface area contributed by atoms with Crippen LogP contribution in [0, 0.1) is 11.3 Å². The van der Waals surface area contributed by atoms with E-state index in [9.17, 15) is 5.26 Å². The minimum Gasteiger partial charge on any atom is -0.486 e. The molecule has 1 N–H and O–H groups in total. The summed E-state index contributed by atoms with van der Waals surface area (Å²) in [6.45, 7) is 3.98. The lowest BCUT2D eigenvalue weighted by Gasteiger charge is -2.21. The number of hydrogen-bond donors (Lipinski definition) is 1. The van der Waals surface area contributed by atoms with Crippen molar-refractivity contribution in [1.29, 1.82) is 5.26 Å². The maximum absolute atomic E-state index is 9.20. The topological polar surface area (TPSA) is 54.3 Å². The van der Waals surface area contributed by atoms with Crippen LogP contribution in [0.25, 0.3) is 0 Å². The van der Waals surface area contributed by atoms with Gasteiger partial charge >= 0.3 is 0 Å². The Morgan fingerprint density at radius 3 is 2.94 bits per heavy atom. The molecule has 0 aromatic heterocycles. The molecule has 0 spiro atoms. The Morgan fingerprint density at radius 1 is 1.44 bits per heavy atom. The summed E-state index contributed by atoms with van der Waals surface area (Å²) in [5.74, 6) is 1.42. The molecule has 0 saturated carbocycles. The molecule has 1 aliphatic heterocycles. The maximum atomic E-state index is 9.20. The second kappa shape index (κ2) is 6.07. The van der Waals surface area contributed by atoms with Crippen LogP contribution in [0.15, 0.2) is 16.6 Å². The van der Waals surface area contributed by atoms with Crippen LogP contribution < -0.4 is 14.8 Å². The smallest absolute Gasteiger partial charge is 0.175 e. The van der Waals surface area contributed by atoms with Gasteiger partial charge < -0.3 is 9.47 Å². The lowest BCUT2D eigenvalue weighted by atomic mass is 10.1. The Hall–Kier alpha value is -1.25. The predicted molar refractivity (Wildman–Crippen MR) is 71.8 cm³/mol. The van der Waals surface area contributed by atoms with E-state index >= 15 is 0 Å². The first-order valence-electron chi connectivity index (χ1n) is 5.98. The van der Waals surface area contributed by atoms with Crippen molar-refractivity contribution in [3.63, 3.8) is 0 Å². The molecule has 0 aliphatic carbocycles. The third-order valence-electron chi connectivity index (χ3n) is 2.68. The fourth-order valence-electron chi connectivity index (χ4n) is 1.82. The quantitative estimate of drug-likeness (QED) is 0.929. The molecule has 0 amide bonds. The number of nitrogens with zero attached hydrogens (tertiary/aromatic N) is 1. The first kappa shape index (κ1) is 13.2. The summed E-state index contributed by atoms with van der Waals surface area (Å²) in [6, 6.07) is 5.71. The van der Waals surface area contributed by atoms with Gasteiger partial charge in [-0.05, 0) is 46.6 Å². The number of hydrogen-bond acceptors (Lipinski definition) is 4. The van der Waals surface area contributed by atoms with Crippen LogP contribution in [0.3, 0.4) is 0 Å². The first-order valence-corrected chi connectivity index (χ1v) is 6.77. The molecule has 4 nitrogen and oxygen atoms in total. The number of benzene rings is 1. The number of halogens is 1. The van der Waals surface area contributed by atoms with E-state index in [2.05, 4.69) is 34.2 Å². The molecular formula is C13H15BrN2O2. The highest BCUT2D eigenvalue weighted by Crippen LogP contribution is 2.39.